The fourth-order valence-corrected chi connectivity index (χ4v) is 2.90. The van der Waals surface area contributed by atoms with Crippen LogP contribution >= 0.6 is 31.9 Å². The summed E-state index contributed by atoms with van der Waals surface area (Å²) in [4.78, 5) is 0. The van der Waals surface area contributed by atoms with Crippen LogP contribution in [0.4, 0.5) is 0 Å². The first-order valence-corrected chi connectivity index (χ1v) is 8.02. The van der Waals surface area contributed by atoms with E-state index in [0.717, 1.165) is 25.8 Å². The lowest BCUT2D eigenvalue weighted by Crippen LogP contribution is -2.01. The van der Waals surface area contributed by atoms with Crippen molar-refractivity contribution >= 4 is 31.9 Å². The second-order valence-electron chi connectivity index (χ2n) is 4.62. The van der Waals surface area contributed by atoms with Gasteiger partial charge in [0.05, 0.1) is 17.7 Å². The number of benzene rings is 2. The van der Waals surface area contributed by atoms with E-state index < -0.39 is 6.10 Å². The first-order valence-electron chi connectivity index (χ1n) is 6.44. The van der Waals surface area contributed by atoms with E-state index in [1.165, 1.54) is 0 Å². The van der Waals surface area contributed by atoms with Crippen LogP contribution in [0, 0.1) is 0 Å². The fraction of sp³-hybridized carbons (Fsp3) is 0.250. The standard InChI is InChI=1S/C16H16Br2O3/c1-10(19)13-8-12(17)4-6-15(13)21-9-11-3-5-16(20-2)14(18)7-11/h3-8,10,19H,9H2,1-2H3. The van der Waals surface area contributed by atoms with Gasteiger partial charge in [-0.2, -0.15) is 0 Å². The molecule has 112 valence electrons. The zero-order valence-corrected chi connectivity index (χ0v) is 14.9. The van der Waals surface area contributed by atoms with E-state index in [1.807, 2.05) is 36.4 Å². The zero-order chi connectivity index (χ0) is 15.4. The van der Waals surface area contributed by atoms with Crippen molar-refractivity contribution < 1.29 is 14.6 Å². The summed E-state index contributed by atoms with van der Waals surface area (Å²) in [5, 5.41) is 9.81. The van der Waals surface area contributed by atoms with Gasteiger partial charge in [0.1, 0.15) is 18.1 Å². The van der Waals surface area contributed by atoms with Crippen LogP contribution in [0.3, 0.4) is 0 Å². The molecule has 0 fully saturated rings. The van der Waals surface area contributed by atoms with Gasteiger partial charge in [0.15, 0.2) is 0 Å². The van der Waals surface area contributed by atoms with Crippen molar-refractivity contribution in [3.8, 4) is 11.5 Å². The van der Waals surface area contributed by atoms with Crippen molar-refractivity contribution in [2.45, 2.75) is 19.6 Å². The molecule has 0 heterocycles. The van der Waals surface area contributed by atoms with Gasteiger partial charge >= 0.3 is 0 Å². The van der Waals surface area contributed by atoms with Crippen molar-refractivity contribution in [3.63, 3.8) is 0 Å². The Bertz CT molecular complexity index is 627. The van der Waals surface area contributed by atoms with Crippen LogP contribution in [0.15, 0.2) is 45.3 Å². The molecular formula is C16H16Br2O3. The SMILES string of the molecule is COc1ccc(COc2ccc(Br)cc2C(C)O)cc1Br. The molecule has 0 aliphatic heterocycles. The minimum absolute atomic E-state index is 0.421. The van der Waals surface area contributed by atoms with E-state index in [9.17, 15) is 5.11 Å². The first-order chi connectivity index (χ1) is 10.0. The Morgan fingerprint density at radius 3 is 2.43 bits per heavy atom. The minimum atomic E-state index is -0.583. The lowest BCUT2D eigenvalue weighted by atomic mass is 10.1. The third-order valence-corrected chi connectivity index (χ3v) is 4.15. The lowest BCUT2D eigenvalue weighted by Gasteiger charge is -2.14. The normalized spacial score (nSPS) is 12.0. The van der Waals surface area contributed by atoms with Crippen molar-refractivity contribution in [1.82, 2.24) is 0 Å². The molecular weight excluding hydrogens is 400 g/mol. The number of aliphatic hydroxyl groups is 1. The van der Waals surface area contributed by atoms with Gasteiger partial charge < -0.3 is 14.6 Å². The van der Waals surface area contributed by atoms with E-state index in [2.05, 4.69) is 31.9 Å². The van der Waals surface area contributed by atoms with Crippen LogP contribution in [0.5, 0.6) is 11.5 Å². The predicted molar refractivity (Wildman–Crippen MR) is 89.8 cm³/mol. The lowest BCUT2D eigenvalue weighted by molar-refractivity contribution is 0.190. The molecule has 5 heteroatoms. The van der Waals surface area contributed by atoms with Gasteiger partial charge in [0.25, 0.3) is 0 Å². The number of halogens is 2. The highest BCUT2D eigenvalue weighted by Crippen LogP contribution is 2.30. The molecule has 0 spiro atoms. The molecule has 2 aromatic carbocycles. The van der Waals surface area contributed by atoms with Crippen LogP contribution in [0.2, 0.25) is 0 Å². The second-order valence-corrected chi connectivity index (χ2v) is 6.39. The maximum atomic E-state index is 9.81. The first kappa shape index (κ1) is 16.3. The van der Waals surface area contributed by atoms with Crippen LogP contribution in [-0.2, 0) is 6.61 Å². The highest BCUT2D eigenvalue weighted by atomic mass is 79.9. The molecule has 0 aliphatic rings. The van der Waals surface area contributed by atoms with Crippen LogP contribution in [-0.4, -0.2) is 12.2 Å². The summed E-state index contributed by atoms with van der Waals surface area (Å²) in [6, 6.07) is 11.4. The summed E-state index contributed by atoms with van der Waals surface area (Å²) >= 11 is 6.85. The van der Waals surface area contributed by atoms with Crippen molar-refractivity contribution in [3.05, 3.63) is 56.5 Å². The smallest absolute Gasteiger partial charge is 0.133 e. The number of hydrogen-bond acceptors (Lipinski definition) is 3. The van der Waals surface area contributed by atoms with E-state index in [-0.39, 0.29) is 0 Å². The van der Waals surface area contributed by atoms with Gasteiger partial charge in [-0.05, 0) is 58.7 Å². The number of aliphatic hydroxyl groups excluding tert-OH is 1. The number of rotatable bonds is 5. The monoisotopic (exact) mass is 414 g/mol. The molecule has 0 bridgehead atoms. The Hall–Kier alpha value is -1.04. The Labute approximate surface area is 141 Å². The van der Waals surface area contributed by atoms with E-state index in [1.54, 1.807) is 14.0 Å². The van der Waals surface area contributed by atoms with E-state index in [4.69, 9.17) is 9.47 Å². The number of ether oxygens (including phenoxy) is 2. The van der Waals surface area contributed by atoms with Crippen molar-refractivity contribution in [1.29, 1.82) is 0 Å². The van der Waals surface area contributed by atoms with E-state index >= 15 is 0 Å². The summed E-state index contributed by atoms with van der Waals surface area (Å²) in [5.41, 5.74) is 1.78. The van der Waals surface area contributed by atoms with Gasteiger partial charge in [0.2, 0.25) is 0 Å². The Morgan fingerprint density at radius 2 is 1.81 bits per heavy atom. The molecule has 0 aliphatic carbocycles. The molecule has 2 rings (SSSR count). The number of methoxy groups -OCH3 is 1. The molecule has 1 atom stereocenters. The van der Waals surface area contributed by atoms with Crippen LogP contribution < -0.4 is 9.47 Å². The largest absolute Gasteiger partial charge is 0.496 e. The molecule has 21 heavy (non-hydrogen) atoms. The summed E-state index contributed by atoms with van der Waals surface area (Å²) < 4.78 is 12.8. The predicted octanol–water partition coefficient (Wildman–Crippen LogP) is 4.85. The summed E-state index contributed by atoms with van der Waals surface area (Å²) in [6.07, 6.45) is -0.583. The highest BCUT2D eigenvalue weighted by Gasteiger charge is 2.10. The number of hydrogen-bond donors (Lipinski definition) is 1. The molecule has 0 aromatic heterocycles. The molecule has 3 nitrogen and oxygen atoms in total. The second kappa shape index (κ2) is 7.29. The van der Waals surface area contributed by atoms with Gasteiger partial charge in [0, 0.05) is 10.0 Å². The maximum absolute atomic E-state index is 9.81. The summed E-state index contributed by atoms with van der Waals surface area (Å²) in [7, 11) is 1.63. The van der Waals surface area contributed by atoms with Gasteiger partial charge in [-0.25, -0.2) is 0 Å². The minimum Gasteiger partial charge on any atom is -0.496 e. The highest BCUT2D eigenvalue weighted by molar-refractivity contribution is 9.10. The Balaban J connectivity index is 2.15. The van der Waals surface area contributed by atoms with Gasteiger partial charge in [-0.15, -0.1) is 0 Å². The van der Waals surface area contributed by atoms with Crippen LogP contribution in [0.25, 0.3) is 0 Å². The average Bonchev–Trinajstić information content (AvgIpc) is 2.46. The van der Waals surface area contributed by atoms with Crippen LogP contribution in [0.1, 0.15) is 24.2 Å². The average molecular weight is 416 g/mol. The molecule has 0 saturated carbocycles. The quantitative estimate of drug-likeness (QED) is 0.758. The summed E-state index contributed by atoms with van der Waals surface area (Å²) in [6.45, 7) is 2.14. The molecule has 1 N–H and O–H groups in total. The van der Waals surface area contributed by atoms with Gasteiger partial charge in [-0.1, -0.05) is 22.0 Å². The van der Waals surface area contributed by atoms with Crippen molar-refractivity contribution in [2.24, 2.45) is 0 Å². The molecule has 0 amide bonds. The van der Waals surface area contributed by atoms with Crippen molar-refractivity contribution in [2.75, 3.05) is 7.11 Å². The third-order valence-electron chi connectivity index (χ3n) is 3.03. The van der Waals surface area contributed by atoms with E-state index in [0.29, 0.717) is 12.4 Å². The Morgan fingerprint density at radius 1 is 1.10 bits per heavy atom. The zero-order valence-electron chi connectivity index (χ0n) is 11.8. The molecule has 1 unspecified atom stereocenters. The molecule has 0 radical (unpaired) electrons. The fourth-order valence-electron chi connectivity index (χ4n) is 1.94. The topological polar surface area (TPSA) is 38.7 Å². The third kappa shape index (κ3) is 4.22. The Kier molecular flexibility index (Phi) is 5.67. The maximum Gasteiger partial charge on any atom is 0.133 e. The summed E-state index contributed by atoms with van der Waals surface area (Å²) in [5.74, 6) is 1.47. The molecule has 2 aromatic rings. The van der Waals surface area contributed by atoms with Gasteiger partial charge in [-0.3, -0.25) is 0 Å². The molecule has 0 saturated heterocycles.